The molecule has 1 N–H and O–H groups in total. The maximum atomic E-state index is 12.3. The summed E-state index contributed by atoms with van der Waals surface area (Å²) in [6.07, 6.45) is 1.73. The molecule has 1 fully saturated rings. The number of aliphatic imine (C=N–C) groups is 1. The summed E-state index contributed by atoms with van der Waals surface area (Å²) in [5.74, 6) is 0.646. The van der Waals surface area contributed by atoms with Crippen molar-refractivity contribution in [1.82, 2.24) is 5.32 Å². The van der Waals surface area contributed by atoms with Gasteiger partial charge in [0.25, 0.3) is 5.91 Å². The molecule has 1 amide bonds. The highest BCUT2D eigenvalue weighted by Crippen LogP contribution is 2.38. The third kappa shape index (κ3) is 4.87. The van der Waals surface area contributed by atoms with Crippen LogP contribution in [0.3, 0.4) is 0 Å². The number of carbonyl (C=O) groups is 1. The van der Waals surface area contributed by atoms with E-state index in [4.69, 9.17) is 26.3 Å². The number of benzene rings is 2. The normalized spacial score (nSPS) is 16.1. The topological polar surface area (TPSA) is 83.7 Å². The fraction of sp³-hybridized carbons (Fsp3) is 0.105. The van der Waals surface area contributed by atoms with E-state index in [2.05, 4.69) is 26.2 Å². The summed E-state index contributed by atoms with van der Waals surface area (Å²) < 4.78 is 11.3. The number of carbonyl (C=O) groups excluding carboxylic acids is 1. The minimum atomic E-state index is -0.238. The second kappa shape index (κ2) is 9.15. The van der Waals surface area contributed by atoms with E-state index in [0.29, 0.717) is 36.8 Å². The van der Waals surface area contributed by atoms with Gasteiger partial charge in [-0.15, -0.1) is 0 Å². The zero-order valence-electron chi connectivity index (χ0n) is 14.5. The van der Waals surface area contributed by atoms with Crippen LogP contribution in [0.1, 0.15) is 5.56 Å². The van der Waals surface area contributed by atoms with Gasteiger partial charge in [0, 0.05) is 5.02 Å². The number of nitriles is 1. The molecule has 2 aromatic carbocycles. The van der Waals surface area contributed by atoms with Gasteiger partial charge in [0.2, 0.25) is 0 Å². The van der Waals surface area contributed by atoms with E-state index in [0.717, 1.165) is 5.56 Å². The van der Waals surface area contributed by atoms with Crippen molar-refractivity contribution >= 4 is 62.1 Å². The molecule has 2 aromatic rings. The van der Waals surface area contributed by atoms with Gasteiger partial charge in [-0.3, -0.25) is 4.79 Å². The lowest BCUT2D eigenvalue weighted by Gasteiger charge is -2.11. The summed E-state index contributed by atoms with van der Waals surface area (Å²) in [5.41, 5.74) is 1.43. The number of thioether (sulfide) groups is 1. The zero-order valence-corrected chi connectivity index (χ0v) is 17.7. The van der Waals surface area contributed by atoms with Crippen molar-refractivity contribution in [3.63, 3.8) is 0 Å². The van der Waals surface area contributed by atoms with Gasteiger partial charge in [-0.05, 0) is 75.7 Å². The molecule has 0 aliphatic carbocycles. The van der Waals surface area contributed by atoms with Crippen LogP contribution in [0.25, 0.3) is 6.08 Å². The number of amidine groups is 1. The first-order valence-corrected chi connectivity index (χ1v) is 9.91. The molecule has 0 aromatic heterocycles. The van der Waals surface area contributed by atoms with E-state index < -0.39 is 0 Å². The molecule has 0 bridgehead atoms. The van der Waals surface area contributed by atoms with Crippen molar-refractivity contribution in [1.29, 1.82) is 5.26 Å². The Bertz CT molecular complexity index is 1020. The van der Waals surface area contributed by atoms with Crippen molar-refractivity contribution in [3.05, 3.63) is 56.4 Å². The molecular formula is C19H13BrClN3O3S. The van der Waals surface area contributed by atoms with Gasteiger partial charge in [0.05, 0.1) is 22.2 Å². The highest BCUT2D eigenvalue weighted by Gasteiger charge is 2.24. The van der Waals surface area contributed by atoms with Crippen LogP contribution >= 0.6 is 39.3 Å². The third-order valence-electron chi connectivity index (χ3n) is 3.54. The Hall–Kier alpha value is -2.47. The van der Waals surface area contributed by atoms with Crippen LogP contribution in [0.2, 0.25) is 5.02 Å². The monoisotopic (exact) mass is 477 g/mol. The van der Waals surface area contributed by atoms with E-state index >= 15 is 0 Å². The number of hydrogen-bond donors (Lipinski definition) is 1. The molecule has 1 saturated heterocycles. The fourth-order valence-electron chi connectivity index (χ4n) is 2.33. The van der Waals surface area contributed by atoms with Crippen molar-refractivity contribution in [2.45, 2.75) is 0 Å². The largest absolute Gasteiger partial charge is 0.493 e. The first-order chi connectivity index (χ1) is 13.5. The van der Waals surface area contributed by atoms with Crippen LogP contribution in [0.4, 0.5) is 5.69 Å². The Morgan fingerprint density at radius 3 is 2.79 bits per heavy atom. The average Bonchev–Trinajstić information content (AvgIpc) is 3.01. The lowest BCUT2D eigenvalue weighted by molar-refractivity contribution is -0.115. The van der Waals surface area contributed by atoms with Gasteiger partial charge in [0.1, 0.15) is 6.07 Å². The quantitative estimate of drug-likeness (QED) is 0.618. The van der Waals surface area contributed by atoms with Crippen LogP contribution < -0.4 is 14.8 Å². The standard InChI is InChI=1S/C19H13BrClN3O3S/c1-26-15-9-11(8-14(20)17(15)27-7-6-22)10-16-18(25)24-19(28-16)23-13-4-2-12(21)3-5-13/h2-5,8-10H,7H2,1H3,(H,23,24,25). The lowest BCUT2D eigenvalue weighted by atomic mass is 10.2. The molecule has 0 saturated carbocycles. The van der Waals surface area contributed by atoms with Gasteiger partial charge in [-0.25, -0.2) is 4.99 Å². The second-order valence-electron chi connectivity index (χ2n) is 5.44. The van der Waals surface area contributed by atoms with Gasteiger partial charge in [0.15, 0.2) is 23.3 Å². The van der Waals surface area contributed by atoms with Crippen molar-refractivity contribution in [3.8, 4) is 17.6 Å². The summed E-state index contributed by atoms with van der Waals surface area (Å²) in [6.45, 7) is -0.0990. The number of ether oxygens (including phenoxy) is 2. The maximum absolute atomic E-state index is 12.3. The van der Waals surface area contributed by atoms with Crippen LogP contribution in [-0.2, 0) is 4.79 Å². The minimum Gasteiger partial charge on any atom is -0.493 e. The van der Waals surface area contributed by atoms with E-state index in [-0.39, 0.29) is 12.5 Å². The average molecular weight is 479 g/mol. The van der Waals surface area contributed by atoms with Crippen LogP contribution in [0.15, 0.2) is 50.8 Å². The zero-order chi connectivity index (χ0) is 20.1. The highest BCUT2D eigenvalue weighted by atomic mass is 79.9. The lowest BCUT2D eigenvalue weighted by Crippen LogP contribution is -2.19. The predicted molar refractivity (Wildman–Crippen MR) is 114 cm³/mol. The number of nitrogens with one attached hydrogen (secondary N) is 1. The first-order valence-electron chi connectivity index (χ1n) is 7.92. The van der Waals surface area contributed by atoms with Crippen LogP contribution in [-0.4, -0.2) is 24.8 Å². The molecule has 1 aliphatic rings. The van der Waals surface area contributed by atoms with E-state index in [1.165, 1.54) is 18.9 Å². The van der Waals surface area contributed by atoms with Crippen LogP contribution in [0.5, 0.6) is 11.5 Å². The molecule has 0 unspecified atom stereocenters. The van der Waals surface area contributed by atoms with Crippen LogP contribution in [0, 0.1) is 11.3 Å². The van der Waals surface area contributed by atoms with Crippen molar-refractivity contribution < 1.29 is 14.3 Å². The molecular weight excluding hydrogens is 466 g/mol. The number of hydrogen-bond acceptors (Lipinski definition) is 6. The molecule has 28 heavy (non-hydrogen) atoms. The first kappa shape index (κ1) is 20.3. The molecule has 0 atom stereocenters. The Labute approximate surface area is 179 Å². The van der Waals surface area contributed by atoms with E-state index in [1.54, 1.807) is 42.5 Å². The van der Waals surface area contributed by atoms with Gasteiger partial charge in [-0.2, -0.15) is 5.26 Å². The molecule has 1 aliphatic heterocycles. The van der Waals surface area contributed by atoms with Gasteiger partial charge >= 0.3 is 0 Å². The highest BCUT2D eigenvalue weighted by molar-refractivity contribution is 9.10. The van der Waals surface area contributed by atoms with Gasteiger partial charge in [-0.1, -0.05) is 11.6 Å². The molecule has 9 heteroatoms. The summed E-state index contributed by atoms with van der Waals surface area (Å²) >= 11 is 10.5. The number of halogens is 2. The van der Waals surface area contributed by atoms with E-state index in [1.807, 2.05) is 6.07 Å². The fourth-order valence-corrected chi connectivity index (χ4v) is 3.87. The maximum Gasteiger partial charge on any atom is 0.264 e. The summed E-state index contributed by atoms with van der Waals surface area (Å²) in [6, 6.07) is 12.4. The molecule has 0 spiro atoms. The second-order valence-corrected chi connectivity index (χ2v) is 7.76. The number of amides is 1. The number of rotatable bonds is 5. The molecule has 6 nitrogen and oxygen atoms in total. The summed E-state index contributed by atoms with van der Waals surface area (Å²) in [7, 11) is 1.51. The Morgan fingerprint density at radius 2 is 2.11 bits per heavy atom. The SMILES string of the molecule is COc1cc(C=C2SC(=Nc3ccc(Cl)cc3)NC2=O)cc(Br)c1OCC#N. The van der Waals surface area contributed by atoms with Crippen molar-refractivity contribution in [2.75, 3.05) is 13.7 Å². The van der Waals surface area contributed by atoms with Gasteiger partial charge < -0.3 is 14.8 Å². The Balaban J connectivity index is 1.85. The van der Waals surface area contributed by atoms with Crippen molar-refractivity contribution in [2.24, 2.45) is 4.99 Å². The summed E-state index contributed by atoms with van der Waals surface area (Å²) in [5, 5.41) is 12.5. The number of methoxy groups -OCH3 is 1. The molecule has 3 rings (SSSR count). The Morgan fingerprint density at radius 1 is 1.36 bits per heavy atom. The Kier molecular flexibility index (Phi) is 6.62. The predicted octanol–water partition coefficient (Wildman–Crippen LogP) is 4.91. The number of nitrogens with zero attached hydrogens (tertiary/aromatic N) is 2. The summed E-state index contributed by atoms with van der Waals surface area (Å²) in [4.78, 5) is 17.2. The van der Waals surface area contributed by atoms with E-state index in [9.17, 15) is 4.79 Å². The molecule has 142 valence electrons. The molecule has 0 radical (unpaired) electrons. The smallest absolute Gasteiger partial charge is 0.264 e. The minimum absolute atomic E-state index is 0.0990. The third-order valence-corrected chi connectivity index (χ3v) is 5.29. The molecule has 1 heterocycles.